The average Bonchev–Trinajstić information content (AvgIpc) is 2.88. The standard InChI is InChI=1S/C13H13ClN2OS/c14-12-6-2-1-4-10(12)8-15-13(17)16-9-11-5-3-7-18-11/h1-7H,8-9H2,(H2,15,16,17). The lowest BCUT2D eigenvalue weighted by Gasteiger charge is -2.07. The molecule has 1 aromatic carbocycles. The zero-order valence-electron chi connectivity index (χ0n) is 9.65. The monoisotopic (exact) mass is 280 g/mol. The molecule has 0 radical (unpaired) electrons. The van der Waals surface area contributed by atoms with E-state index in [-0.39, 0.29) is 6.03 Å². The predicted octanol–water partition coefficient (Wildman–Crippen LogP) is 3.40. The van der Waals surface area contributed by atoms with Crippen LogP contribution in [0.2, 0.25) is 5.02 Å². The Balaban J connectivity index is 1.77. The van der Waals surface area contributed by atoms with E-state index in [1.54, 1.807) is 11.3 Å². The molecule has 0 atom stereocenters. The molecule has 18 heavy (non-hydrogen) atoms. The van der Waals surface area contributed by atoms with E-state index in [0.717, 1.165) is 10.4 Å². The largest absolute Gasteiger partial charge is 0.334 e. The van der Waals surface area contributed by atoms with Crippen molar-refractivity contribution in [2.24, 2.45) is 0 Å². The first-order valence-electron chi connectivity index (χ1n) is 5.53. The van der Waals surface area contributed by atoms with Gasteiger partial charge in [0.25, 0.3) is 0 Å². The number of nitrogens with one attached hydrogen (secondary N) is 2. The third-order valence-electron chi connectivity index (χ3n) is 2.40. The van der Waals surface area contributed by atoms with Crippen LogP contribution in [0.15, 0.2) is 41.8 Å². The Kier molecular flexibility index (Phi) is 4.61. The highest BCUT2D eigenvalue weighted by Gasteiger charge is 2.03. The van der Waals surface area contributed by atoms with Gasteiger partial charge in [0, 0.05) is 16.4 Å². The first kappa shape index (κ1) is 12.9. The van der Waals surface area contributed by atoms with Crippen molar-refractivity contribution in [3.05, 3.63) is 57.2 Å². The van der Waals surface area contributed by atoms with E-state index >= 15 is 0 Å². The SMILES string of the molecule is O=C(NCc1cccs1)NCc1ccccc1Cl. The fraction of sp³-hybridized carbons (Fsp3) is 0.154. The number of rotatable bonds is 4. The third kappa shape index (κ3) is 3.75. The summed E-state index contributed by atoms with van der Waals surface area (Å²) in [7, 11) is 0. The van der Waals surface area contributed by atoms with Crippen LogP contribution in [0, 0.1) is 0 Å². The minimum absolute atomic E-state index is 0.191. The van der Waals surface area contributed by atoms with Crippen LogP contribution < -0.4 is 10.6 Å². The maximum atomic E-state index is 11.6. The Bertz CT molecular complexity index is 513. The molecular formula is C13H13ClN2OS. The van der Waals surface area contributed by atoms with Crippen molar-refractivity contribution in [3.63, 3.8) is 0 Å². The van der Waals surface area contributed by atoms with Gasteiger partial charge in [0.15, 0.2) is 0 Å². The number of hydrogen-bond donors (Lipinski definition) is 2. The molecule has 94 valence electrons. The Hall–Kier alpha value is -1.52. The van der Waals surface area contributed by atoms with Crippen LogP contribution in [-0.2, 0) is 13.1 Å². The number of benzene rings is 1. The minimum atomic E-state index is -0.191. The first-order valence-corrected chi connectivity index (χ1v) is 6.79. The van der Waals surface area contributed by atoms with Crippen molar-refractivity contribution in [2.75, 3.05) is 0 Å². The number of hydrogen-bond acceptors (Lipinski definition) is 2. The molecule has 5 heteroatoms. The van der Waals surface area contributed by atoms with Crippen LogP contribution >= 0.6 is 22.9 Å². The van der Waals surface area contributed by atoms with E-state index in [4.69, 9.17) is 11.6 Å². The number of amides is 2. The second kappa shape index (κ2) is 6.42. The average molecular weight is 281 g/mol. The molecular weight excluding hydrogens is 268 g/mol. The van der Waals surface area contributed by atoms with E-state index in [9.17, 15) is 4.79 Å². The molecule has 0 fully saturated rings. The molecule has 1 heterocycles. The van der Waals surface area contributed by atoms with Gasteiger partial charge in [-0.1, -0.05) is 35.9 Å². The minimum Gasteiger partial charge on any atom is -0.334 e. The summed E-state index contributed by atoms with van der Waals surface area (Å²) < 4.78 is 0. The van der Waals surface area contributed by atoms with Gasteiger partial charge in [-0.2, -0.15) is 0 Å². The second-order valence-corrected chi connectivity index (χ2v) is 5.15. The molecule has 1 aromatic heterocycles. The predicted molar refractivity (Wildman–Crippen MR) is 74.8 cm³/mol. The van der Waals surface area contributed by atoms with Gasteiger partial charge in [0.2, 0.25) is 0 Å². The lowest BCUT2D eigenvalue weighted by molar-refractivity contribution is 0.240. The molecule has 2 rings (SSSR count). The summed E-state index contributed by atoms with van der Waals surface area (Å²) in [6.45, 7) is 0.974. The number of thiophene rings is 1. The summed E-state index contributed by atoms with van der Waals surface area (Å²) in [5.74, 6) is 0. The van der Waals surface area contributed by atoms with Crippen LogP contribution in [0.3, 0.4) is 0 Å². The molecule has 0 spiro atoms. The van der Waals surface area contributed by atoms with Gasteiger partial charge >= 0.3 is 6.03 Å². The highest BCUT2D eigenvalue weighted by atomic mass is 35.5. The summed E-state index contributed by atoms with van der Waals surface area (Å²) >= 11 is 7.61. The fourth-order valence-corrected chi connectivity index (χ4v) is 2.31. The maximum absolute atomic E-state index is 11.6. The van der Waals surface area contributed by atoms with E-state index in [1.165, 1.54) is 0 Å². The highest BCUT2D eigenvalue weighted by Crippen LogP contribution is 2.14. The zero-order chi connectivity index (χ0) is 12.8. The molecule has 2 aromatic rings. The van der Waals surface area contributed by atoms with Gasteiger partial charge in [-0.15, -0.1) is 11.3 Å². The van der Waals surface area contributed by atoms with Gasteiger partial charge in [-0.3, -0.25) is 0 Å². The van der Waals surface area contributed by atoms with Gasteiger partial charge in [0.1, 0.15) is 0 Å². The van der Waals surface area contributed by atoms with E-state index in [0.29, 0.717) is 18.1 Å². The highest BCUT2D eigenvalue weighted by molar-refractivity contribution is 7.09. The number of carbonyl (C=O) groups excluding carboxylic acids is 1. The molecule has 2 amide bonds. The quantitative estimate of drug-likeness (QED) is 0.885. The fourth-order valence-electron chi connectivity index (χ4n) is 1.46. The Morgan fingerprint density at radius 2 is 1.89 bits per heavy atom. The Morgan fingerprint density at radius 1 is 1.11 bits per heavy atom. The van der Waals surface area contributed by atoms with Crippen molar-refractivity contribution in [1.29, 1.82) is 0 Å². The van der Waals surface area contributed by atoms with E-state index < -0.39 is 0 Å². The molecule has 3 nitrogen and oxygen atoms in total. The summed E-state index contributed by atoms with van der Waals surface area (Å²) in [6, 6.07) is 11.2. The lowest BCUT2D eigenvalue weighted by atomic mass is 10.2. The lowest BCUT2D eigenvalue weighted by Crippen LogP contribution is -2.34. The first-order chi connectivity index (χ1) is 8.75. The van der Waals surface area contributed by atoms with Gasteiger partial charge in [0.05, 0.1) is 6.54 Å². The van der Waals surface area contributed by atoms with Crippen LogP contribution in [0.4, 0.5) is 4.79 Å². The Labute approximate surface area is 115 Å². The molecule has 0 saturated heterocycles. The van der Waals surface area contributed by atoms with E-state index in [1.807, 2.05) is 41.8 Å². The van der Waals surface area contributed by atoms with Gasteiger partial charge in [-0.05, 0) is 23.1 Å². The second-order valence-electron chi connectivity index (χ2n) is 3.71. The van der Waals surface area contributed by atoms with Crippen molar-refractivity contribution in [1.82, 2.24) is 10.6 Å². The molecule has 0 aliphatic carbocycles. The van der Waals surface area contributed by atoms with Gasteiger partial charge < -0.3 is 10.6 Å². The summed E-state index contributed by atoms with van der Waals surface area (Å²) in [4.78, 5) is 12.7. The number of urea groups is 1. The van der Waals surface area contributed by atoms with Crippen LogP contribution in [-0.4, -0.2) is 6.03 Å². The van der Waals surface area contributed by atoms with E-state index in [2.05, 4.69) is 10.6 Å². The van der Waals surface area contributed by atoms with Crippen molar-refractivity contribution >= 4 is 29.0 Å². The molecule has 0 unspecified atom stereocenters. The molecule has 0 saturated carbocycles. The topological polar surface area (TPSA) is 41.1 Å². The maximum Gasteiger partial charge on any atom is 0.315 e. The third-order valence-corrected chi connectivity index (χ3v) is 3.65. The Morgan fingerprint density at radius 3 is 2.61 bits per heavy atom. The molecule has 2 N–H and O–H groups in total. The summed E-state index contributed by atoms with van der Waals surface area (Å²) in [6.07, 6.45) is 0. The van der Waals surface area contributed by atoms with Crippen LogP contribution in [0.25, 0.3) is 0 Å². The van der Waals surface area contributed by atoms with Crippen LogP contribution in [0.5, 0.6) is 0 Å². The normalized spacial score (nSPS) is 10.1. The molecule has 0 aliphatic heterocycles. The van der Waals surface area contributed by atoms with Crippen molar-refractivity contribution in [2.45, 2.75) is 13.1 Å². The molecule has 0 bridgehead atoms. The summed E-state index contributed by atoms with van der Waals surface area (Å²) in [5, 5.41) is 8.21. The van der Waals surface area contributed by atoms with Crippen molar-refractivity contribution < 1.29 is 4.79 Å². The zero-order valence-corrected chi connectivity index (χ0v) is 11.2. The van der Waals surface area contributed by atoms with Gasteiger partial charge in [-0.25, -0.2) is 4.79 Å². The smallest absolute Gasteiger partial charge is 0.315 e. The molecule has 0 aliphatic rings. The summed E-state index contributed by atoms with van der Waals surface area (Å²) in [5.41, 5.74) is 0.908. The number of halogens is 1. The van der Waals surface area contributed by atoms with Crippen LogP contribution in [0.1, 0.15) is 10.4 Å². The number of carbonyl (C=O) groups is 1. The van der Waals surface area contributed by atoms with Crippen molar-refractivity contribution in [3.8, 4) is 0 Å².